The Morgan fingerprint density at radius 1 is 1.27 bits per heavy atom. The molecule has 0 unspecified atom stereocenters. The van der Waals surface area contributed by atoms with E-state index in [1.54, 1.807) is 24.3 Å². The molecule has 1 saturated heterocycles. The maximum Gasteiger partial charge on any atom is 0.408 e. The predicted molar refractivity (Wildman–Crippen MR) is 140 cm³/mol. The minimum Gasteiger partial charge on any atom is -0.430 e. The molecule has 10 heteroatoms. The molecule has 0 aromatic heterocycles. The summed E-state index contributed by atoms with van der Waals surface area (Å²) >= 11 is 12.3. The number of carbonyl (C=O) groups is 1. The number of nitrogens with one attached hydrogen (secondary N) is 2. The Morgan fingerprint density at radius 3 is 2.57 bits per heavy atom. The van der Waals surface area contributed by atoms with Gasteiger partial charge < -0.3 is 20.3 Å². The van der Waals surface area contributed by atoms with Gasteiger partial charge in [0.1, 0.15) is 11.2 Å². The van der Waals surface area contributed by atoms with Gasteiger partial charge in [0.2, 0.25) is 0 Å². The van der Waals surface area contributed by atoms with Gasteiger partial charge in [-0.05, 0) is 48.1 Å². The molecule has 1 aliphatic heterocycles. The fraction of sp³-hybridized carbons (Fsp3) is 0.481. The number of halogens is 3. The van der Waals surface area contributed by atoms with Gasteiger partial charge in [0.25, 0.3) is 0 Å². The van der Waals surface area contributed by atoms with Crippen LogP contribution in [0, 0.1) is 22.6 Å². The Kier molecular flexibility index (Phi) is 9.43. The number of amides is 1. The second-order valence-electron chi connectivity index (χ2n) is 10.5. The van der Waals surface area contributed by atoms with E-state index in [-0.39, 0.29) is 29.0 Å². The van der Waals surface area contributed by atoms with Gasteiger partial charge >= 0.3 is 6.09 Å². The molecule has 37 heavy (non-hydrogen) atoms. The molecular formula is C27H32Cl2FN3O4. The highest BCUT2D eigenvalue weighted by molar-refractivity contribution is 6.30. The smallest absolute Gasteiger partial charge is 0.408 e. The summed E-state index contributed by atoms with van der Waals surface area (Å²) in [6.45, 7) is 5.67. The molecule has 0 aliphatic carbocycles. The molecule has 4 N–H and O–H groups in total. The Hall–Kier alpha value is -2.41. The molecule has 3 rings (SSSR count). The zero-order valence-electron chi connectivity index (χ0n) is 21.0. The SMILES string of the molecule is CC(C)(C)C[C@@H]1N[C@H](OC(=O)NCC[C@H](O)CO)[C@H](c2cccc(Cl)c2)[C@@]1(C#N)c1ccc(Cl)cc1F. The lowest BCUT2D eigenvalue weighted by Gasteiger charge is -2.37. The predicted octanol–water partition coefficient (Wildman–Crippen LogP) is 4.88. The first-order valence-electron chi connectivity index (χ1n) is 12.0. The second-order valence-corrected chi connectivity index (χ2v) is 11.4. The molecule has 1 heterocycles. The molecule has 0 bridgehead atoms. The summed E-state index contributed by atoms with van der Waals surface area (Å²) in [4.78, 5) is 12.7. The number of hydrogen-bond donors (Lipinski definition) is 4. The van der Waals surface area contributed by atoms with Crippen LogP contribution < -0.4 is 10.6 Å². The number of ether oxygens (including phenoxy) is 1. The maximum atomic E-state index is 15.5. The highest BCUT2D eigenvalue weighted by Crippen LogP contribution is 2.52. The molecule has 200 valence electrons. The summed E-state index contributed by atoms with van der Waals surface area (Å²) in [6.07, 6.45) is -2.17. The van der Waals surface area contributed by atoms with Crippen molar-refractivity contribution < 1.29 is 24.1 Å². The van der Waals surface area contributed by atoms with E-state index < -0.39 is 48.2 Å². The third kappa shape index (κ3) is 6.73. The number of benzene rings is 2. The van der Waals surface area contributed by atoms with Crippen molar-refractivity contribution in [1.82, 2.24) is 10.6 Å². The molecule has 0 radical (unpaired) electrons. The first-order chi connectivity index (χ1) is 17.4. The molecular weight excluding hydrogens is 520 g/mol. The van der Waals surface area contributed by atoms with Gasteiger partial charge in [0.15, 0.2) is 6.23 Å². The van der Waals surface area contributed by atoms with Crippen LogP contribution in [0.2, 0.25) is 10.0 Å². The van der Waals surface area contributed by atoms with Crippen LogP contribution in [0.15, 0.2) is 42.5 Å². The van der Waals surface area contributed by atoms with Gasteiger partial charge in [-0.3, -0.25) is 5.32 Å². The zero-order valence-corrected chi connectivity index (χ0v) is 22.5. The lowest BCUT2D eigenvalue weighted by atomic mass is 9.63. The number of rotatable bonds is 8. The summed E-state index contributed by atoms with van der Waals surface area (Å²) in [5, 5.41) is 35.8. The normalized spacial score (nSPS) is 24.4. The van der Waals surface area contributed by atoms with Gasteiger partial charge in [-0.25, -0.2) is 9.18 Å². The molecule has 2 aromatic carbocycles. The number of carbonyl (C=O) groups excluding carboxylic acids is 1. The summed E-state index contributed by atoms with van der Waals surface area (Å²) < 4.78 is 21.3. The fourth-order valence-electron chi connectivity index (χ4n) is 4.93. The van der Waals surface area contributed by atoms with Crippen LogP contribution in [0.3, 0.4) is 0 Å². The minimum atomic E-state index is -1.48. The van der Waals surface area contributed by atoms with Crippen LogP contribution in [-0.4, -0.2) is 47.8 Å². The number of nitrogens with zero attached hydrogens (tertiary/aromatic N) is 1. The first-order valence-corrected chi connectivity index (χ1v) is 12.8. The zero-order chi connectivity index (χ0) is 27.4. The van der Waals surface area contributed by atoms with E-state index in [4.69, 9.17) is 33.0 Å². The van der Waals surface area contributed by atoms with Crippen LogP contribution >= 0.6 is 23.2 Å². The second kappa shape index (κ2) is 12.0. The van der Waals surface area contributed by atoms with Gasteiger partial charge in [0, 0.05) is 28.2 Å². The Morgan fingerprint density at radius 2 is 1.97 bits per heavy atom. The average molecular weight is 552 g/mol. The Bertz CT molecular complexity index is 1150. The maximum absolute atomic E-state index is 15.5. The molecule has 1 fully saturated rings. The van der Waals surface area contributed by atoms with Crippen LogP contribution in [0.5, 0.6) is 0 Å². The van der Waals surface area contributed by atoms with E-state index in [0.717, 1.165) is 0 Å². The third-order valence-electron chi connectivity index (χ3n) is 6.49. The van der Waals surface area contributed by atoms with Crippen molar-refractivity contribution in [3.8, 4) is 6.07 Å². The first kappa shape index (κ1) is 29.2. The number of aliphatic hydroxyl groups excluding tert-OH is 2. The monoisotopic (exact) mass is 551 g/mol. The van der Waals surface area contributed by atoms with E-state index in [0.29, 0.717) is 17.0 Å². The van der Waals surface area contributed by atoms with Crippen molar-refractivity contribution in [2.24, 2.45) is 5.41 Å². The average Bonchev–Trinajstić information content (AvgIpc) is 3.10. The van der Waals surface area contributed by atoms with Crippen LogP contribution in [0.25, 0.3) is 0 Å². The minimum absolute atomic E-state index is 0.0652. The lowest BCUT2D eigenvalue weighted by Crippen LogP contribution is -2.44. The number of alkyl carbamates (subject to hydrolysis) is 1. The highest BCUT2D eigenvalue weighted by Gasteiger charge is 2.60. The van der Waals surface area contributed by atoms with Crippen LogP contribution in [-0.2, 0) is 10.2 Å². The van der Waals surface area contributed by atoms with Crippen molar-refractivity contribution in [2.75, 3.05) is 13.2 Å². The van der Waals surface area contributed by atoms with Crippen LogP contribution in [0.4, 0.5) is 9.18 Å². The van der Waals surface area contributed by atoms with Crippen molar-refractivity contribution in [2.45, 2.75) is 63.3 Å². The lowest BCUT2D eigenvalue weighted by molar-refractivity contribution is 0.0689. The van der Waals surface area contributed by atoms with E-state index in [1.165, 1.54) is 18.2 Å². The van der Waals surface area contributed by atoms with Crippen molar-refractivity contribution in [3.63, 3.8) is 0 Å². The molecule has 0 saturated carbocycles. The van der Waals surface area contributed by atoms with E-state index in [1.807, 2.05) is 20.8 Å². The van der Waals surface area contributed by atoms with E-state index >= 15 is 4.39 Å². The summed E-state index contributed by atoms with van der Waals surface area (Å²) in [7, 11) is 0. The quantitative estimate of drug-likeness (QED) is 0.371. The molecule has 2 aromatic rings. The van der Waals surface area contributed by atoms with Crippen molar-refractivity contribution in [1.29, 1.82) is 5.26 Å². The molecule has 0 spiro atoms. The highest BCUT2D eigenvalue weighted by atomic mass is 35.5. The van der Waals surface area contributed by atoms with E-state index in [2.05, 4.69) is 16.7 Å². The van der Waals surface area contributed by atoms with E-state index in [9.17, 15) is 15.2 Å². The molecule has 7 nitrogen and oxygen atoms in total. The number of aliphatic hydroxyl groups is 2. The molecule has 5 atom stereocenters. The van der Waals surface area contributed by atoms with Crippen molar-refractivity contribution in [3.05, 3.63) is 69.5 Å². The largest absolute Gasteiger partial charge is 0.430 e. The fourth-order valence-corrected chi connectivity index (χ4v) is 5.29. The van der Waals surface area contributed by atoms with Crippen molar-refractivity contribution >= 4 is 29.3 Å². The Labute approximate surface area is 226 Å². The Balaban J connectivity index is 2.11. The summed E-state index contributed by atoms with van der Waals surface area (Å²) in [6, 6.07) is 12.9. The van der Waals surface area contributed by atoms with Gasteiger partial charge in [0.05, 0.1) is 24.7 Å². The number of nitriles is 1. The van der Waals surface area contributed by atoms with Gasteiger partial charge in [-0.1, -0.05) is 62.2 Å². The topological polar surface area (TPSA) is 115 Å². The van der Waals surface area contributed by atoms with Gasteiger partial charge in [-0.2, -0.15) is 5.26 Å². The molecule has 1 aliphatic rings. The van der Waals surface area contributed by atoms with Crippen LogP contribution in [0.1, 0.15) is 50.7 Å². The number of hydrogen-bond acceptors (Lipinski definition) is 6. The summed E-state index contributed by atoms with van der Waals surface area (Å²) in [5.74, 6) is -1.46. The molecule has 1 amide bonds. The third-order valence-corrected chi connectivity index (χ3v) is 6.96. The standard InChI is InChI=1S/C27H32Cl2FN3O4/c1-26(2,3)13-22-27(15-31,20-8-7-18(29)12-21(20)30)23(16-5-4-6-17(28)11-16)24(33-22)37-25(36)32-10-9-19(35)14-34/h4-8,11-12,19,22-24,33-35H,9-10,13-14H2,1-3H3,(H,32,36)/t19-,22-,23-,24+,27-/m0/s1. The van der Waals surface area contributed by atoms with Gasteiger partial charge in [-0.15, -0.1) is 0 Å². The summed E-state index contributed by atoms with van der Waals surface area (Å²) in [5.41, 5.74) is -1.01.